The molecule has 0 radical (unpaired) electrons. The van der Waals surface area contributed by atoms with Gasteiger partial charge in [0, 0.05) is 25.7 Å². The molecule has 0 bridgehead atoms. The Morgan fingerprint density at radius 2 is 2.00 bits per heavy atom. The normalized spacial score (nSPS) is 18.7. The minimum atomic E-state index is -0.546. The number of hydrogen-bond acceptors (Lipinski definition) is 3. The molecule has 6 nitrogen and oxygen atoms in total. The maximum Gasteiger partial charge on any atom is 0.251 e. The van der Waals surface area contributed by atoms with E-state index < -0.39 is 6.04 Å². The number of nitrogens with zero attached hydrogens (tertiary/aromatic N) is 3. The van der Waals surface area contributed by atoms with Gasteiger partial charge in [-0.1, -0.05) is 30.3 Å². The van der Waals surface area contributed by atoms with Crippen LogP contribution in [0, 0.1) is 0 Å². The van der Waals surface area contributed by atoms with Crippen LogP contribution in [0.1, 0.15) is 5.56 Å². The lowest BCUT2D eigenvalue weighted by Gasteiger charge is -2.31. The summed E-state index contributed by atoms with van der Waals surface area (Å²) in [6, 6.07) is 10.8. The quantitative estimate of drug-likeness (QED) is 0.892. The Kier molecular flexibility index (Phi) is 3.43. The number of rotatable bonds is 3. The molecule has 3 rings (SSSR count). The molecule has 1 unspecified atom stereocenters. The first kappa shape index (κ1) is 13.4. The molecule has 21 heavy (non-hydrogen) atoms. The molecule has 0 saturated carbocycles. The number of aromatic nitrogens is 2. The summed E-state index contributed by atoms with van der Waals surface area (Å²) in [7, 11) is 1.78. The standard InChI is InChI=1S/C15H16N4O2/c1-18-8-7-13(17-18)19-10-14(20)16-12(15(19)21)9-11-5-3-2-4-6-11/h2-8,12H,9-10H2,1H3,(H,16,20). The zero-order chi connectivity index (χ0) is 14.8. The number of anilines is 1. The van der Waals surface area contributed by atoms with Gasteiger partial charge in [-0.25, -0.2) is 0 Å². The van der Waals surface area contributed by atoms with Crippen molar-refractivity contribution >= 4 is 17.6 Å². The van der Waals surface area contributed by atoms with E-state index in [9.17, 15) is 9.59 Å². The lowest BCUT2D eigenvalue weighted by atomic mass is 10.0. The van der Waals surface area contributed by atoms with Crippen molar-refractivity contribution in [1.82, 2.24) is 15.1 Å². The van der Waals surface area contributed by atoms with Gasteiger partial charge in [0.1, 0.15) is 12.6 Å². The molecular formula is C15H16N4O2. The zero-order valence-electron chi connectivity index (χ0n) is 11.7. The summed E-state index contributed by atoms with van der Waals surface area (Å²) in [5, 5.41) is 6.96. The fraction of sp³-hybridized carbons (Fsp3) is 0.267. The minimum absolute atomic E-state index is 0.0150. The molecule has 1 aromatic heterocycles. The van der Waals surface area contributed by atoms with Crippen molar-refractivity contribution in [3.8, 4) is 0 Å². The average Bonchev–Trinajstić information content (AvgIpc) is 2.90. The Morgan fingerprint density at radius 1 is 1.24 bits per heavy atom. The monoisotopic (exact) mass is 284 g/mol. The van der Waals surface area contributed by atoms with Crippen LogP contribution in [0.2, 0.25) is 0 Å². The van der Waals surface area contributed by atoms with Crippen molar-refractivity contribution in [2.75, 3.05) is 11.4 Å². The highest BCUT2D eigenvalue weighted by atomic mass is 16.2. The van der Waals surface area contributed by atoms with Gasteiger partial charge in [-0.15, -0.1) is 0 Å². The van der Waals surface area contributed by atoms with E-state index in [2.05, 4.69) is 10.4 Å². The van der Waals surface area contributed by atoms with E-state index in [-0.39, 0.29) is 18.4 Å². The Labute approximate surface area is 122 Å². The van der Waals surface area contributed by atoms with Gasteiger partial charge in [-0.05, 0) is 5.56 Å². The molecular weight excluding hydrogens is 268 g/mol. The highest BCUT2D eigenvalue weighted by Gasteiger charge is 2.34. The van der Waals surface area contributed by atoms with E-state index in [1.54, 1.807) is 24.0 Å². The molecule has 1 saturated heterocycles. The largest absolute Gasteiger partial charge is 0.342 e. The van der Waals surface area contributed by atoms with Gasteiger partial charge in [0.2, 0.25) is 5.91 Å². The van der Waals surface area contributed by atoms with E-state index in [4.69, 9.17) is 0 Å². The fourth-order valence-electron chi connectivity index (χ4n) is 2.44. The Hall–Kier alpha value is -2.63. The first-order valence-electron chi connectivity index (χ1n) is 6.78. The second-order valence-electron chi connectivity index (χ2n) is 5.08. The Bertz CT molecular complexity index is 665. The van der Waals surface area contributed by atoms with Crippen LogP contribution >= 0.6 is 0 Å². The van der Waals surface area contributed by atoms with Crippen LogP contribution in [0.25, 0.3) is 0 Å². The fourth-order valence-corrected chi connectivity index (χ4v) is 2.44. The van der Waals surface area contributed by atoms with Crippen molar-refractivity contribution in [1.29, 1.82) is 0 Å². The van der Waals surface area contributed by atoms with Crippen molar-refractivity contribution in [2.45, 2.75) is 12.5 Å². The Morgan fingerprint density at radius 3 is 2.67 bits per heavy atom. The maximum absolute atomic E-state index is 12.5. The molecule has 2 aromatic rings. The van der Waals surface area contributed by atoms with Gasteiger partial charge in [0.15, 0.2) is 5.82 Å². The minimum Gasteiger partial charge on any atom is -0.342 e. The molecule has 1 aliphatic heterocycles. The van der Waals surface area contributed by atoms with E-state index in [1.807, 2.05) is 30.3 Å². The molecule has 1 N–H and O–H groups in total. The van der Waals surface area contributed by atoms with E-state index >= 15 is 0 Å². The Balaban J connectivity index is 1.81. The molecule has 6 heteroatoms. The van der Waals surface area contributed by atoms with Gasteiger partial charge >= 0.3 is 0 Å². The third-order valence-electron chi connectivity index (χ3n) is 3.46. The summed E-state index contributed by atoms with van der Waals surface area (Å²) in [6.45, 7) is 0.0150. The summed E-state index contributed by atoms with van der Waals surface area (Å²) < 4.78 is 1.61. The number of nitrogens with one attached hydrogen (secondary N) is 1. The van der Waals surface area contributed by atoms with Crippen molar-refractivity contribution in [2.24, 2.45) is 7.05 Å². The van der Waals surface area contributed by atoms with Crippen LogP contribution in [0.15, 0.2) is 42.6 Å². The predicted molar refractivity (Wildman–Crippen MR) is 77.6 cm³/mol. The molecule has 108 valence electrons. The van der Waals surface area contributed by atoms with E-state index in [1.165, 1.54) is 4.90 Å². The third-order valence-corrected chi connectivity index (χ3v) is 3.46. The second kappa shape index (κ2) is 5.40. The molecule has 2 heterocycles. The summed E-state index contributed by atoms with van der Waals surface area (Å²) in [5.41, 5.74) is 1.01. The number of amides is 2. The lowest BCUT2D eigenvalue weighted by molar-refractivity contribution is -0.131. The highest BCUT2D eigenvalue weighted by molar-refractivity contribution is 6.06. The smallest absolute Gasteiger partial charge is 0.251 e. The molecule has 0 aliphatic carbocycles. The predicted octanol–water partition coefficient (Wildman–Crippen LogP) is 0.494. The lowest BCUT2D eigenvalue weighted by Crippen LogP contribution is -2.59. The number of piperazine rings is 1. The second-order valence-corrected chi connectivity index (χ2v) is 5.08. The summed E-state index contributed by atoms with van der Waals surface area (Å²) in [6.07, 6.45) is 2.23. The van der Waals surface area contributed by atoms with Crippen LogP contribution in [0.3, 0.4) is 0 Å². The molecule has 1 aromatic carbocycles. The molecule has 0 spiro atoms. The van der Waals surface area contributed by atoms with E-state index in [0.717, 1.165) is 5.56 Å². The summed E-state index contributed by atoms with van der Waals surface area (Å²) >= 11 is 0. The maximum atomic E-state index is 12.5. The summed E-state index contributed by atoms with van der Waals surface area (Å²) in [5.74, 6) is 0.216. The molecule has 1 fully saturated rings. The van der Waals surface area contributed by atoms with Gasteiger partial charge in [-0.3, -0.25) is 19.2 Å². The first-order valence-corrected chi connectivity index (χ1v) is 6.78. The number of benzene rings is 1. The molecule has 1 atom stereocenters. The highest BCUT2D eigenvalue weighted by Crippen LogP contribution is 2.16. The van der Waals surface area contributed by atoms with Gasteiger partial charge in [-0.2, -0.15) is 5.10 Å². The average molecular weight is 284 g/mol. The van der Waals surface area contributed by atoms with Crippen LogP contribution < -0.4 is 10.2 Å². The van der Waals surface area contributed by atoms with Crippen LogP contribution in [-0.4, -0.2) is 34.2 Å². The number of carbonyl (C=O) groups is 2. The SMILES string of the molecule is Cn1ccc(N2CC(=O)NC(Cc3ccccc3)C2=O)n1. The van der Waals surface area contributed by atoms with Gasteiger partial charge in [0.05, 0.1) is 0 Å². The van der Waals surface area contributed by atoms with Gasteiger partial charge < -0.3 is 5.32 Å². The topological polar surface area (TPSA) is 67.2 Å². The number of carbonyl (C=O) groups excluding carboxylic acids is 2. The van der Waals surface area contributed by atoms with Crippen LogP contribution in [0.4, 0.5) is 5.82 Å². The number of aryl methyl sites for hydroxylation is 1. The molecule has 1 aliphatic rings. The van der Waals surface area contributed by atoms with Crippen LogP contribution in [-0.2, 0) is 23.1 Å². The zero-order valence-corrected chi connectivity index (χ0v) is 11.7. The van der Waals surface area contributed by atoms with Crippen molar-refractivity contribution < 1.29 is 9.59 Å². The van der Waals surface area contributed by atoms with Gasteiger partial charge in [0.25, 0.3) is 5.91 Å². The van der Waals surface area contributed by atoms with E-state index in [0.29, 0.717) is 12.2 Å². The van der Waals surface area contributed by atoms with Crippen molar-refractivity contribution in [3.63, 3.8) is 0 Å². The van der Waals surface area contributed by atoms with Crippen molar-refractivity contribution in [3.05, 3.63) is 48.2 Å². The first-order chi connectivity index (χ1) is 10.1. The third kappa shape index (κ3) is 2.79. The number of hydrogen-bond donors (Lipinski definition) is 1. The van der Waals surface area contributed by atoms with Crippen LogP contribution in [0.5, 0.6) is 0 Å². The summed E-state index contributed by atoms with van der Waals surface area (Å²) in [4.78, 5) is 25.8. The molecule has 2 amide bonds.